The lowest BCUT2D eigenvalue weighted by Gasteiger charge is -2.21. The van der Waals surface area contributed by atoms with Crippen LogP contribution in [0.4, 0.5) is 4.79 Å². The van der Waals surface area contributed by atoms with Crippen LogP contribution in [0.5, 0.6) is 11.5 Å². The van der Waals surface area contributed by atoms with Crippen LogP contribution in [0.25, 0.3) is 11.5 Å². The molecule has 3 aromatic rings. The van der Waals surface area contributed by atoms with Crippen molar-refractivity contribution in [3.05, 3.63) is 65.5 Å². The molecule has 0 unspecified atom stereocenters. The second-order valence-electron chi connectivity index (χ2n) is 8.21. The van der Waals surface area contributed by atoms with Gasteiger partial charge in [0.05, 0.1) is 26.0 Å². The minimum absolute atomic E-state index is 0.195. The van der Waals surface area contributed by atoms with Crippen LogP contribution in [0, 0.1) is 6.92 Å². The summed E-state index contributed by atoms with van der Waals surface area (Å²) >= 11 is 0. The van der Waals surface area contributed by atoms with Gasteiger partial charge in [0.25, 0.3) is 5.91 Å². The van der Waals surface area contributed by atoms with E-state index < -0.39 is 18.1 Å². The number of aromatic nitrogens is 1. The van der Waals surface area contributed by atoms with Gasteiger partial charge in [0.15, 0.2) is 0 Å². The Labute approximate surface area is 209 Å². The maximum absolute atomic E-state index is 12.8. The van der Waals surface area contributed by atoms with Crippen molar-refractivity contribution < 1.29 is 33.0 Å². The molecule has 190 valence electrons. The van der Waals surface area contributed by atoms with Crippen LogP contribution in [0.1, 0.15) is 23.9 Å². The molecule has 1 aliphatic heterocycles. The lowest BCUT2D eigenvalue weighted by molar-refractivity contribution is -0.139. The zero-order chi connectivity index (χ0) is 25.5. The number of aryl methyl sites for hydroxylation is 1. The Morgan fingerprint density at radius 2 is 2.00 bits per heavy atom. The molecule has 0 aliphatic carbocycles. The number of carbonyl (C=O) groups excluding carboxylic acids is 2. The molecule has 1 aliphatic rings. The highest BCUT2D eigenvalue weighted by atomic mass is 16.6. The van der Waals surface area contributed by atoms with Gasteiger partial charge in [-0.2, -0.15) is 0 Å². The monoisotopic (exact) mass is 494 g/mol. The largest absolute Gasteiger partial charge is 0.496 e. The summed E-state index contributed by atoms with van der Waals surface area (Å²) in [5, 5.41) is 0. The number of nitrogens with zero attached hydrogens (tertiary/aromatic N) is 2. The number of hydrogen-bond acceptors (Lipinski definition) is 8. The Morgan fingerprint density at radius 1 is 1.19 bits per heavy atom. The van der Waals surface area contributed by atoms with Crippen molar-refractivity contribution in [2.24, 2.45) is 0 Å². The van der Waals surface area contributed by atoms with Crippen molar-refractivity contribution in [1.82, 2.24) is 9.88 Å². The van der Waals surface area contributed by atoms with Gasteiger partial charge < -0.3 is 23.4 Å². The lowest BCUT2D eigenvalue weighted by atomic mass is 10.1. The first-order chi connectivity index (χ1) is 17.5. The summed E-state index contributed by atoms with van der Waals surface area (Å²) in [6, 6.07) is 15.2. The number of oxazole rings is 1. The van der Waals surface area contributed by atoms with Gasteiger partial charge in [-0.25, -0.2) is 14.7 Å². The van der Waals surface area contributed by atoms with Crippen LogP contribution in [-0.2, 0) is 27.1 Å². The number of benzene rings is 2. The lowest BCUT2D eigenvalue weighted by Crippen LogP contribution is -2.42. The minimum atomic E-state index is -0.824. The van der Waals surface area contributed by atoms with Crippen molar-refractivity contribution >= 4 is 12.0 Å². The molecule has 9 nitrogen and oxygen atoms in total. The number of hydrogen-bond donors (Lipinski definition) is 0. The fourth-order valence-electron chi connectivity index (χ4n) is 4.00. The molecule has 1 aromatic heterocycles. The van der Waals surface area contributed by atoms with Crippen molar-refractivity contribution in [3.8, 4) is 23.0 Å². The number of carbonyl (C=O) groups is 2. The molecule has 2 heterocycles. The van der Waals surface area contributed by atoms with E-state index in [0.29, 0.717) is 37.0 Å². The van der Waals surface area contributed by atoms with Crippen molar-refractivity contribution in [2.45, 2.75) is 32.8 Å². The molecular formula is C27H30N2O7. The fraction of sp³-hybridized carbons (Fsp3) is 0.370. The number of cyclic esters (lactones) is 1. The maximum Gasteiger partial charge on any atom is 0.416 e. The van der Waals surface area contributed by atoms with Gasteiger partial charge >= 0.3 is 6.09 Å². The van der Waals surface area contributed by atoms with Gasteiger partial charge in [-0.1, -0.05) is 24.3 Å². The van der Waals surface area contributed by atoms with E-state index >= 15 is 0 Å². The standard InChI is InChI=1S/C27H30N2O7/c1-4-33-24(26(30)29-13-15-35-27(29)31)16-20-10-11-21(17-23(20)32-3)34-14-12-22-18(2)36-25(28-22)19-8-6-5-7-9-19/h5-11,17,24H,4,12-16H2,1-3H3/t24-/m0/s1. The number of rotatable bonds is 11. The average Bonchev–Trinajstić information content (AvgIpc) is 3.49. The minimum Gasteiger partial charge on any atom is -0.496 e. The normalized spacial score (nSPS) is 14.0. The second kappa shape index (κ2) is 11.7. The maximum atomic E-state index is 12.8. The molecule has 1 atom stereocenters. The molecule has 4 rings (SSSR count). The van der Waals surface area contributed by atoms with Gasteiger partial charge in [-0.3, -0.25) is 4.79 Å². The van der Waals surface area contributed by atoms with Gasteiger partial charge in [0, 0.05) is 31.1 Å². The van der Waals surface area contributed by atoms with Crippen LogP contribution >= 0.6 is 0 Å². The van der Waals surface area contributed by atoms with Gasteiger partial charge in [-0.05, 0) is 37.6 Å². The highest BCUT2D eigenvalue weighted by Gasteiger charge is 2.34. The molecule has 1 saturated heterocycles. The molecule has 2 aromatic carbocycles. The van der Waals surface area contributed by atoms with E-state index in [1.165, 1.54) is 0 Å². The zero-order valence-electron chi connectivity index (χ0n) is 20.7. The average molecular weight is 495 g/mol. The zero-order valence-corrected chi connectivity index (χ0v) is 20.7. The van der Waals surface area contributed by atoms with E-state index in [-0.39, 0.29) is 19.6 Å². The molecule has 0 radical (unpaired) electrons. The molecule has 0 saturated carbocycles. The Balaban J connectivity index is 1.39. The van der Waals surface area contributed by atoms with E-state index in [1.807, 2.05) is 49.4 Å². The van der Waals surface area contributed by atoms with Crippen LogP contribution < -0.4 is 9.47 Å². The first-order valence-electron chi connectivity index (χ1n) is 11.9. The highest BCUT2D eigenvalue weighted by Crippen LogP contribution is 2.28. The molecule has 1 fully saturated rings. The number of imide groups is 1. The Hall–Kier alpha value is -3.85. The summed E-state index contributed by atoms with van der Waals surface area (Å²) in [5.41, 5.74) is 2.54. The molecule has 0 spiro atoms. The molecule has 9 heteroatoms. The number of methoxy groups -OCH3 is 1. The van der Waals surface area contributed by atoms with Crippen molar-refractivity contribution in [3.63, 3.8) is 0 Å². The van der Waals surface area contributed by atoms with Gasteiger partial charge in [-0.15, -0.1) is 0 Å². The van der Waals surface area contributed by atoms with E-state index in [4.69, 9.17) is 23.4 Å². The van der Waals surface area contributed by atoms with E-state index in [2.05, 4.69) is 4.98 Å². The Morgan fingerprint density at radius 3 is 2.69 bits per heavy atom. The summed E-state index contributed by atoms with van der Waals surface area (Å²) in [4.78, 5) is 30.3. The molecule has 2 amide bonds. The molecule has 36 heavy (non-hydrogen) atoms. The second-order valence-corrected chi connectivity index (χ2v) is 8.21. The third-order valence-corrected chi connectivity index (χ3v) is 5.85. The number of ether oxygens (including phenoxy) is 4. The first-order valence-corrected chi connectivity index (χ1v) is 11.9. The summed E-state index contributed by atoms with van der Waals surface area (Å²) < 4.78 is 27.8. The van der Waals surface area contributed by atoms with Crippen LogP contribution in [0.15, 0.2) is 52.9 Å². The highest BCUT2D eigenvalue weighted by molar-refractivity contribution is 5.95. The smallest absolute Gasteiger partial charge is 0.416 e. The van der Waals surface area contributed by atoms with Crippen molar-refractivity contribution in [2.75, 3.05) is 33.5 Å². The molecule has 0 bridgehead atoms. The molecule has 0 N–H and O–H groups in total. The summed E-state index contributed by atoms with van der Waals surface area (Å²) in [6.45, 7) is 4.85. The fourth-order valence-corrected chi connectivity index (χ4v) is 4.00. The quantitative estimate of drug-likeness (QED) is 0.391. The van der Waals surface area contributed by atoms with Gasteiger partial charge in [0.2, 0.25) is 5.89 Å². The number of amides is 2. The summed E-state index contributed by atoms with van der Waals surface area (Å²) in [6.07, 6.45) is -0.631. The summed E-state index contributed by atoms with van der Waals surface area (Å²) in [5.74, 6) is 2.13. The molecular weight excluding hydrogens is 464 g/mol. The third kappa shape index (κ3) is 5.85. The van der Waals surface area contributed by atoms with Crippen LogP contribution in [0.3, 0.4) is 0 Å². The predicted molar refractivity (Wildman–Crippen MR) is 131 cm³/mol. The Bertz CT molecular complexity index is 1190. The SMILES string of the molecule is CCO[C@@H](Cc1ccc(OCCc2nc(-c3ccccc3)oc2C)cc1OC)C(=O)N1CCOC1=O. The predicted octanol–water partition coefficient (Wildman–Crippen LogP) is 4.21. The summed E-state index contributed by atoms with van der Waals surface area (Å²) in [7, 11) is 1.56. The van der Waals surface area contributed by atoms with E-state index in [9.17, 15) is 9.59 Å². The van der Waals surface area contributed by atoms with Crippen LogP contribution in [0.2, 0.25) is 0 Å². The van der Waals surface area contributed by atoms with Crippen molar-refractivity contribution in [1.29, 1.82) is 0 Å². The third-order valence-electron chi connectivity index (χ3n) is 5.85. The van der Waals surface area contributed by atoms with Crippen LogP contribution in [-0.4, -0.2) is 61.5 Å². The Kier molecular flexibility index (Phi) is 8.22. The van der Waals surface area contributed by atoms with E-state index in [0.717, 1.165) is 27.5 Å². The van der Waals surface area contributed by atoms with Gasteiger partial charge in [0.1, 0.15) is 30.0 Å². The first kappa shape index (κ1) is 25.2. The van der Waals surface area contributed by atoms with E-state index in [1.54, 1.807) is 20.1 Å². The topological polar surface area (TPSA) is 100 Å².